The van der Waals surface area contributed by atoms with Crippen molar-refractivity contribution in [2.75, 3.05) is 5.32 Å². The Balaban J connectivity index is 1.48. The molecule has 1 aromatic carbocycles. The standard InChI is InChI=1S/C28H40N2O4/c1-5-19-11-17(4)6-9-23(19)29-24(31)14-21(15-25(32)33)27-26(20-7-8-20)28(34-30-27)22-12-18(13-22)10-16(2)3/h6,9,11,16,18,20-22,27,30H,5,7-8,10,12-15H2,1-4H3,(H,29,31)(H,32,33). The molecule has 2 fully saturated rings. The summed E-state index contributed by atoms with van der Waals surface area (Å²) in [4.78, 5) is 30.8. The predicted octanol–water partition coefficient (Wildman–Crippen LogP) is 5.62. The van der Waals surface area contributed by atoms with Crippen LogP contribution >= 0.6 is 0 Å². The summed E-state index contributed by atoms with van der Waals surface area (Å²) in [5.41, 5.74) is 7.48. The molecule has 0 aromatic heterocycles. The van der Waals surface area contributed by atoms with E-state index in [1.54, 1.807) is 0 Å². The van der Waals surface area contributed by atoms with Gasteiger partial charge in [-0.15, -0.1) is 5.48 Å². The first-order valence-electron chi connectivity index (χ1n) is 13.0. The molecule has 1 aromatic rings. The van der Waals surface area contributed by atoms with E-state index < -0.39 is 5.97 Å². The van der Waals surface area contributed by atoms with Crippen molar-refractivity contribution >= 4 is 17.6 Å². The molecule has 2 atom stereocenters. The maximum Gasteiger partial charge on any atom is 0.303 e. The van der Waals surface area contributed by atoms with Gasteiger partial charge in [-0.05, 0) is 80.4 Å². The highest BCUT2D eigenvalue weighted by molar-refractivity contribution is 5.92. The predicted molar refractivity (Wildman–Crippen MR) is 133 cm³/mol. The first kappa shape index (κ1) is 24.8. The molecule has 0 radical (unpaired) electrons. The van der Waals surface area contributed by atoms with Gasteiger partial charge in [0, 0.05) is 23.9 Å². The van der Waals surface area contributed by atoms with Gasteiger partial charge in [-0.25, -0.2) is 0 Å². The van der Waals surface area contributed by atoms with Crippen molar-refractivity contribution in [2.45, 2.75) is 85.1 Å². The van der Waals surface area contributed by atoms with Crippen molar-refractivity contribution in [1.82, 2.24) is 5.48 Å². The van der Waals surface area contributed by atoms with Gasteiger partial charge in [0.05, 0.1) is 12.5 Å². The van der Waals surface area contributed by atoms with Crippen LogP contribution in [0.2, 0.25) is 0 Å². The lowest BCUT2D eigenvalue weighted by atomic mass is 9.69. The van der Waals surface area contributed by atoms with E-state index in [-0.39, 0.29) is 30.7 Å². The van der Waals surface area contributed by atoms with Gasteiger partial charge in [0.15, 0.2) is 0 Å². The van der Waals surface area contributed by atoms with E-state index in [1.165, 1.54) is 12.0 Å². The fraction of sp³-hybridized carbons (Fsp3) is 0.643. The second-order valence-electron chi connectivity index (χ2n) is 11.1. The van der Waals surface area contributed by atoms with Crippen molar-refractivity contribution in [3.63, 3.8) is 0 Å². The van der Waals surface area contributed by atoms with Gasteiger partial charge >= 0.3 is 5.97 Å². The number of anilines is 1. The maximum absolute atomic E-state index is 13.0. The van der Waals surface area contributed by atoms with Crippen molar-refractivity contribution in [3.8, 4) is 0 Å². The zero-order valence-corrected chi connectivity index (χ0v) is 21.0. The Morgan fingerprint density at radius 3 is 2.53 bits per heavy atom. The molecule has 0 spiro atoms. The number of benzene rings is 1. The average Bonchev–Trinajstić information content (AvgIpc) is 3.49. The average molecular weight is 469 g/mol. The number of carbonyl (C=O) groups is 2. The number of rotatable bonds is 11. The Bertz CT molecular complexity index is 944. The number of hydrogen-bond acceptors (Lipinski definition) is 4. The van der Waals surface area contributed by atoms with Crippen LogP contribution in [-0.2, 0) is 20.8 Å². The zero-order chi connectivity index (χ0) is 24.4. The maximum atomic E-state index is 13.0. The molecule has 2 saturated carbocycles. The Morgan fingerprint density at radius 2 is 1.91 bits per heavy atom. The summed E-state index contributed by atoms with van der Waals surface area (Å²) in [7, 11) is 0. The minimum atomic E-state index is -0.881. The lowest BCUT2D eigenvalue weighted by Crippen LogP contribution is -2.37. The van der Waals surface area contributed by atoms with Crippen LogP contribution in [0, 0.1) is 36.5 Å². The Hall–Kier alpha value is -2.34. The molecule has 3 aliphatic rings. The lowest BCUT2D eigenvalue weighted by Gasteiger charge is -2.36. The monoisotopic (exact) mass is 468 g/mol. The first-order chi connectivity index (χ1) is 16.2. The van der Waals surface area contributed by atoms with Gasteiger partial charge < -0.3 is 15.3 Å². The van der Waals surface area contributed by atoms with E-state index in [9.17, 15) is 14.7 Å². The third kappa shape index (κ3) is 5.83. The lowest BCUT2D eigenvalue weighted by molar-refractivity contribution is -0.138. The molecule has 2 aliphatic carbocycles. The van der Waals surface area contributed by atoms with Gasteiger partial charge in [0.2, 0.25) is 5.91 Å². The summed E-state index contributed by atoms with van der Waals surface area (Å²) >= 11 is 0. The number of hydroxylamine groups is 1. The van der Waals surface area contributed by atoms with Crippen molar-refractivity contribution in [1.29, 1.82) is 0 Å². The number of nitrogens with one attached hydrogen (secondary N) is 2. The molecule has 4 rings (SSSR count). The molecule has 6 nitrogen and oxygen atoms in total. The molecule has 0 saturated heterocycles. The third-order valence-corrected chi connectivity index (χ3v) is 7.62. The summed E-state index contributed by atoms with van der Waals surface area (Å²) in [6, 6.07) is 5.80. The highest BCUT2D eigenvalue weighted by atomic mass is 16.7. The number of amides is 1. The van der Waals surface area contributed by atoms with E-state index in [1.807, 2.05) is 19.1 Å². The molecule has 1 heterocycles. The Morgan fingerprint density at radius 1 is 1.18 bits per heavy atom. The van der Waals surface area contributed by atoms with Crippen molar-refractivity contribution in [3.05, 3.63) is 40.7 Å². The van der Waals surface area contributed by atoms with Crippen LogP contribution in [0.4, 0.5) is 5.69 Å². The van der Waals surface area contributed by atoms with Gasteiger partial charge in [-0.3, -0.25) is 9.59 Å². The second-order valence-corrected chi connectivity index (χ2v) is 11.1. The number of aryl methyl sites for hydroxylation is 2. The number of carboxylic acids is 1. The van der Waals surface area contributed by atoms with Crippen molar-refractivity contribution < 1.29 is 19.5 Å². The summed E-state index contributed by atoms with van der Waals surface area (Å²) in [6.45, 7) is 8.65. The van der Waals surface area contributed by atoms with Crippen LogP contribution in [0.1, 0.15) is 76.8 Å². The highest BCUT2D eigenvalue weighted by Crippen LogP contribution is 2.51. The molecule has 1 aliphatic heterocycles. The Labute approximate surface area is 203 Å². The molecule has 186 valence electrons. The SMILES string of the molecule is CCc1cc(C)ccc1NC(=O)CC(CC(=O)O)C1NOC(C2CC(CC(C)C)C2)=C1C1CC1. The normalized spacial score (nSPS) is 25.1. The molecule has 3 N–H and O–H groups in total. The second kappa shape index (κ2) is 10.5. The number of allylic oxidation sites excluding steroid dienone is 1. The molecule has 2 unspecified atom stereocenters. The minimum Gasteiger partial charge on any atom is -0.481 e. The third-order valence-electron chi connectivity index (χ3n) is 7.62. The van der Waals surface area contributed by atoms with Crippen LogP contribution in [-0.4, -0.2) is 23.0 Å². The number of hydrogen-bond donors (Lipinski definition) is 3. The quantitative estimate of drug-likeness (QED) is 0.392. The number of carbonyl (C=O) groups excluding carboxylic acids is 1. The van der Waals surface area contributed by atoms with E-state index >= 15 is 0 Å². The topological polar surface area (TPSA) is 87.7 Å². The fourth-order valence-electron chi connectivity index (χ4n) is 5.84. The summed E-state index contributed by atoms with van der Waals surface area (Å²) in [6.07, 6.45) is 6.70. The van der Waals surface area contributed by atoms with E-state index in [0.29, 0.717) is 17.8 Å². The zero-order valence-electron chi connectivity index (χ0n) is 21.0. The number of aliphatic carboxylic acids is 1. The van der Waals surface area contributed by atoms with Gasteiger partial charge in [-0.1, -0.05) is 38.5 Å². The summed E-state index contributed by atoms with van der Waals surface area (Å²) < 4.78 is 0. The molecule has 1 amide bonds. The van der Waals surface area contributed by atoms with Crippen LogP contribution in [0.25, 0.3) is 0 Å². The largest absolute Gasteiger partial charge is 0.481 e. The molecular formula is C28H40N2O4. The molecule has 0 bridgehead atoms. The number of carboxylic acid groups (broad SMARTS) is 1. The highest BCUT2D eigenvalue weighted by Gasteiger charge is 2.47. The van der Waals surface area contributed by atoms with E-state index in [4.69, 9.17) is 4.84 Å². The summed E-state index contributed by atoms with van der Waals surface area (Å²) in [5, 5.41) is 12.7. The van der Waals surface area contributed by atoms with Gasteiger partial charge in [0.1, 0.15) is 5.76 Å². The van der Waals surface area contributed by atoms with Gasteiger partial charge in [0.25, 0.3) is 0 Å². The van der Waals surface area contributed by atoms with Crippen LogP contribution in [0.3, 0.4) is 0 Å². The van der Waals surface area contributed by atoms with Crippen molar-refractivity contribution in [2.24, 2.45) is 29.6 Å². The van der Waals surface area contributed by atoms with Crippen LogP contribution < -0.4 is 10.8 Å². The molecular weight excluding hydrogens is 428 g/mol. The Kier molecular flexibility index (Phi) is 7.66. The van der Waals surface area contributed by atoms with E-state index in [0.717, 1.165) is 60.6 Å². The van der Waals surface area contributed by atoms with E-state index in [2.05, 4.69) is 37.6 Å². The van der Waals surface area contributed by atoms with Crippen LogP contribution in [0.5, 0.6) is 0 Å². The first-order valence-corrected chi connectivity index (χ1v) is 13.0. The summed E-state index contributed by atoms with van der Waals surface area (Å²) in [5.74, 6) is 2.02. The molecule has 34 heavy (non-hydrogen) atoms. The van der Waals surface area contributed by atoms with Gasteiger partial charge in [-0.2, -0.15) is 0 Å². The minimum absolute atomic E-state index is 0.0624. The smallest absolute Gasteiger partial charge is 0.303 e. The molecule has 6 heteroatoms. The van der Waals surface area contributed by atoms with Crippen LogP contribution in [0.15, 0.2) is 29.5 Å². The fourth-order valence-corrected chi connectivity index (χ4v) is 5.84.